The van der Waals surface area contributed by atoms with Gasteiger partial charge in [-0.05, 0) is 42.7 Å². The quantitative estimate of drug-likeness (QED) is 0.882. The second-order valence-electron chi connectivity index (χ2n) is 7.59. The highest BCUT2D eigenvalue weighted by atomic mass is 19.4. The normalized spacial score (nSPS) is 22.9. The number of halogens is 3. The molecule has 1 N–H and O–H groups in total. The minimum atomic E-state index is -4.39. The summed E-state index contributed by atoms with van der Waals surface area (Å²) in [5.74, 6) is -1.54. The van der Waals surface area contributed by atoms with E-state index in [1.807, 2.05) is 0 Å². The van der Waals surface area contributed by atoms with Crippen molar-refractivity contribution >= 4 is 11.9 Å². The van der Waals surface area contributed by atoms with Crippen LogP contribution in [0.5, 0.6) is 0 Å². The third kappa shape index (κ3) is 3.71. The molecule has 1 amide bonds. The van der Waals surface area contributed by atoms with E-state index in [9.17, 15) is 22.8 Å². The predicted molar refractivity (Wildman–Crippen MR) is 88.3 cm³/mol. The van der Waals surface area contributed by atoms with Crippen molar-refractivity contribution < 1.29 is 27.9 Å². The molecule has 0 aromatic heterocycles. The van der Waals surface area contributed by atoms with Crippen LogP contribution in [0.25, 0.3) is 0 Å². The van der Waals surface area contributed by atoms with Crippen LogP contribution in [-0.4, -0.2) is 35.0 Å². The van der Waals surface area contributed by atoms with Crippen LogP contribution in [0.3, 0.4) is 0 Å². The number of likely N-dealkylation sites (tertiary alicyclic amines) is 1. The standard InChI is InChI=1S/C19H22F3NO3/c1-12(9-13-3-2-4-14(10-13)19(20,21)22)16(24)23-7-5-18(6-8-23)11-15(18)17(25)26/h2-4,10,12,15H,5-9,11H2,1H3,(H,25,26). The second-order valence-corrected chi connectivity index (χ2v) is 7.59. The molecule has 4 nitrogen and oxygen atoms in total. The Balaban J connectivity index is 1.57. The lowest BCUT2D eigenvalue weighted by molar-refractivity contribution is -0.140. The van der Waals surface area contributed by atoms with Gasteiger partial charge in [-0.1, -0.05) is 25.1 Å². The summed E-state index contributed by atoms with van der Waals surface area (Å²) < 4.78 is 38.4. The molecule has 2 aliphatic rings. The Bertz CT molecular complexity index is 708. The van der Waals surface area contributed by atoms with Gasteiger partial charge in [-0.15, -0.1) is 0 Å². The number of hydrogen-bond acceptors (Lipinski definition) is 2. The smallest absolute Gasteiger partial charge is 0.416 e. The molecule has 1 heterocycles. The van der Waals surface area contributed by atoms with Gasteiger partial charge in [-0.25, -0.2) is 0 Å². The monoisotopic (exact) mass is 369 g/mol. The third-order valence-corrected chi connectivity index (χ3v) is 5.78. The van der Waals surface area contributed by atoms with Gasteiger partial charge in [0.05, 0.1) is 11.5 Å². The Labute approximate surface area is 150 Å². The predicted octanol–water partition coefficient (Wildman–Crippen LogP) is 3.60. The molecule has 1 aliphatic heterocycles. The van der Waals surface area contributed by atoms with E-state index in [0.29, 0.717) is 37.9 Å². The largest absolute Gasteiger partial charge is 0.481 e. The Hall–Kier alpha value is -2.05. The SMILES string of the molecule is CC(Cc1cccc(C(F)(F)F)c1)C(=O)N1CCC2(CC1)CC2C(=O)O. The lowest BCUT2D eigenvalue weighted by Gasteiger charge is -2.34. The summed E-state index contributed by atoms with van der Waals surface area (Å²) in [5, 5.41) is 9.12. The van der Waals surface area contributed by atoms with E-state index in [0.717, 1.165) is 12.1 Å². The van der Waals surface area contributed by atoms with Gasteiger partial charge in [-0.2, -0.15) is 13.2 Å². The van der Waals surface area contributed by atoms with Crippen molar-refractivity contribution in [2.75, 3.05) is 13.1 Å². The maximum absolute atomic E-state index is 12.8. The molecule has 2 unspecified atom stereocenters. The van der Waals surface area contributed by atoms with E-state index < -0.39 is 23.6 Å². The van der Waals surface area contributed by atoms with Crippen molar-refractivity contribution in [3.8, 4) is 0 Å². The van der Waals surface area contributed by atoms with Crippen LogP contribution in [0.4, 0.5) is 13.2 Å². The molecule has 1 aromatic carbocycles. The van der Waals surface area contributed by atoms with Crippen LogP contribution in [0.15, 0.2) is 24.3 Å². The number of aliphatic carboxylic acids is 1. The fraction of sp³-hybridized carbons (Fsp3) is 0.579. The van der Waals surface area contributed by atoms with Gasteiger partial charge in [0.1, 0.15) is 0 Å². The van der Waals surface area contributed by atoms with Crippen LogP contribution in [0, 0.1) is 17.3 Å². The number of nitrogens with zero attached hydrogens (tertiary/aromatic N) is 1. The summed E-state index contributed by atoms with van der Waals surface area (Å²) in [4.78, 5) is 25.4. The summed E-state index contributed by atoms with van der Waals surface area (Å²) >= 11 is 0. The van der Waals surface area contributed by atoms with Crippen LogP contribution in [-0.2, 0) is 22.2 Å². The average Bonchev–Trinajstić information content (AvgIpc) is 3.28. The van der Waals surface area contributed by atoms with Crippen molar-refractivity contribution in [1.82, 2.24) is 4.90 Å². The molecule has 1 spiro atoms. The molecule has 3 rings (SSSR count). The summed E-state index contributed by atoms with van der Waals surface area (Å²) in [6.45, 7) is 2.77. The Morgan fingerprint density at radius 2 is 1.96 bits per heavy atom. The van der Waals surface area contributed by atoms with Gasteiger partial charge in [0, 0.05) is 19.0 Å². The Morgan fingerprint density at radius 1 is 1.31 bits per heavy atom. The molecule has 0 bridgehead atoms. The number of hydrogen-bond donors (Lipinski definition) is 1. The summed E-state index contributed by atoms with van der Waals surface area (Å²) in [6, 6.07) is 5.08. The van der Waals surface area contributed by atoms with E-state index in [2.05, 4.69) is 0 Å². The summed E-state index contributed by atoms with van der Waals surface area (Å²) in [5.41, 5.74) is -0.363. The first-order valence-electron chi connectivity index (χ1n) is 8.80. The zero-order chi connectivity index (χ0) is 19.1. The molecule has 2 fully saturated rings. The van der Waals surface area contributed by atoms with Gasteiger partial charge < -0.3 is 10.0 Å². The topological polar surface area (TPSA) is 57.6 Å². The van der Waals surface area contributed by atoms with E-state index in [1.54, 1.807) is 17.9 Å². The number of alkyl halides is 3. The van der Waals surface area contributed by atoms with Gasteiger partial charge >= 0.3 is 12.1 Å². The van der Waals surface area contributed by atoms with Crippen LogP contribution >= 0.6 is 0 Å². The first kappa shape index (κ1) is 18.7. The Kier molecular flexibility index (Phi) is 4.75. The van der Waals surface area contributed by atoms with Gasteiger partial charge in [0.25, 0.3) is 0 Å². The highest BCUT2D eigenvalue weighted by Crippen LogP contribution is 2.59. The number of carboxylic acids is 1. The number of amides is 1. The molecule has 2 atom stereocenters. The molecule has 1 saturated carbocycles. The van der Waals surface area contributed by atoms with E-state index in [4.69, 9.17) is 5.11 Å². The minimum absolute atomic E-state index is 0.0789. The number of carbonyl (C=O) groups is 2. The van der Waals surface area contributed by atoms with Crippen molar-refractivity contribution in [1.29, 1.82) is 0 Å². The van der Waals surface area contributed by atoms with Gasteiger partial charge in [0.2, 0.25) is 5.91 Å². The van der Waals surface area contributed by atoms with E-state index in [-0.39, 0.29) is 23.7 Å². The molecular weight excluding hydrogens is 347 g/mol. The second kappa shape index (κ2) is 6.59. The zero-order valence-corrected chi connectivity index (χ0v) is 14.6. The van der Waals surface area contributed by atoms with Crippen molar-refractivity contribution in [3.05, 3.63) is 35.4 Å². The summed E-state index contributed by atoms with van der Waals surface area (Å²) in [6.07, 6.45) is -2.08. The zero-order valence-electron chi connectivity index (χ0n) is 14.6. The lowest BCUT2D eigenvalue weighted by atomic mass is 9.89. The minimum Gasteiger partial charge on any atom is -0.481 e. The first-order chi connectivity index (χ1) is 12.1. The maximum Gasteiger partial charge on any atom is 0.416 e. The number of rotatable bonds is 4. The van der Waals surface area contributed by atoms with Gasteiger partial charge in [-0.3, -0.25) is 9.59 Å². The molecule has 0 radical (unpaired) electrons. The molecule has 1 aromatic rings. The number of carbonyl (C=O) groups excluding carboxylic acids is 1. The molecule has 7 heteroatoms. The first-order valence-corrected chi connectivity index (χ1v) is 8.80. The summed E-state index contributed by atoms with van der Waals surface area (Å²) in [7, 11) is 0. The third-order valence-electron chi connectivity index (χ3n) is 5.78. The van der Waals surface area contributed by atoms with Crippen molar-refractivity contribution in [2.45, 2.75) is 38.8 Å². The van der Waals surface area contributed by atoms with Crippen LogP contribution < -0.4 is 0 Å². The van der Waals surface area contributed by atoms with E-state index >= 15 is 0 Å². The van der Waals surface area contributed by atoms with Crippen LogP contribution in [0.1, 0.15) is 37.3 Å². The fourth-order valence-corrected chi connectivity index (χ4v) is 4.05. The molecule has 26 heavy (non-hydrogen) atoms. The number of carboxylic acid groups (broad SMARTS) is 1. The number of piperidine rings is 1. The highest BCUT2D eigenvalue weighted by Gasteiger charge is 2.59. The number of benzene rings is 1. The Morgan fingerprint density at radius 3 is 2.50 bits per heavy atom. The average molecular weight is 369 g/mol. The molecular formula is C19H22F3NO3. The van der Waals surface area contributed by atoms with Crippen molar-refractivity contribution in [3.63, 3.8) is 0 Å². The maximum atomic E-state index is 12.8. The fourth-order valence-electron chi connectivity index (χ4n) is 4.05. The van der Waals surface area contributed by atoms with Crippen LogP contribution in [0.2, 0.25) is 0 Å². The molecule has 1 aliphatic carbocycles. The van der Waals surface area contributed by atoms with Gasteiger partial charge in [0.15, 0.2) is 0 Å². The highest BCUT2D eigenvalue weighted by molar-refractivity contribution is 5.79. The van der Waals surface area contributed by atoms with E-state index in [1.165, 1.54) is 6.07 Å². The molecule has 1 saturated heterocycles. The van der Waals surface area contributed by atoms with Crippen molar-refractivity contribution in [2.24, 2.45) is 17.3 Å². The molecule has 142 valence electrons. The lowest BCUT2D eigenvalue weighted by Crippen LogP contribution is -2.42.